The first-order valence-electron chi connectivity index (χ1n) is 25.4. The summed E-state index contributed by atoms with van der Waals surface area (Å²) in [5.41, 5.74) is 3.86. The van der Waals surface area contributed by atoms with Crippen LogP contribution in [0.1, 0.15) is 94.6 Å². The predicted octanol–water partition coefficient (Wildman–Crippen LogP) is 6.77. The van der Waals surface area contributed by atoms with Crippen molar-refractivity contribution in [1.82, 2.24) is 10.6 Å². The number of fused-ring (bicyclic) bond motifs is 2. The lowest BCUT2D eigenvalue weighted by Gasteiger charge is -2.43. The van der Waals surface area contributed by atoms with Gasteiger partial charge < -0.3 is 52.5 Å². The van der Waals surface area contributed by atoms with Crippen LogP contribution < -0.4 is 10.6 Å². The molecule has 4 heterocycles. The molecule has 0 radical (unpaired) electrons. The van der Waals surface area contributed by atoms with E-state index in [2.05, 4.69) is 57.4 Å². The molecule has 26 heteroatoms. The summed E-state index contributed by atoms with van der Waals surface area (Å²) in [7, 11) is 0.345. The Kier molecular flexibility index (Phi) is 27.3. The summed E-state index contributed by atoms with van der Waals surface area (Å²) >= 11 is 3.60. The third-order valence-electron chi connectivity index (χ3n) is 11.2. The summed E-state index contributed by atoms with van der Waals surface area (Å²) in [5, 5.41) is 15.1. The number of alkyl carbamates (subject to hydrolysis) is 2. The second-order valence-electron chi connectivity index (χ2n) is 17.6. The highest BCUT2D eigenvalue weighted by Crippen LogP contribution is 2.35. The van der Waals surface area contributed by atoms with Crippen molar-refractivity contribution in [2.24, 2.45) is 21.8 Å². The third kappa shape index (κ3) is 21.5. The molecule has 6 rings (SSSR count). The topological polar surface area (TPSA) is 298 Å². The number of amidine groups is 2. The van der Waals surface area contributed by atoms with E-state index >= 15 is 0 Å². The zero-order valence-electron chi connectivity index (χ0n) is 46.5. The summed E-state index contributed by atoms with van der Waals surface area (Å²) in [4.78, 5) is 103. The Balaban J connectivity index is 0.000000330. The molecule has 2 amide bonds. The van der Waals surface area contributed by atoms with Crippen LogP contribution in [0.15, 0.2) is 56.2 Å². The van der Waals surface area contributed by atoms with Gasteiger partial charge in [0.2, 0.25) is 6.29 Å². The normalized spacial score (nSPS) is 23.4. The summed E-state index contributed by atoms with van der Waals surface area (Å²) in [6, 6.07) is 12.2. The molecular formula is C52H71FN4O19S2. The number of esters is 6. The van der Waals surface area contributed by atoms with E-state index in [1.165, 1.54) is 53.5 Å². The van der Waals surface area contributed by atoms with E-state index < -0.39 is 116 Å². The molecule has 3 N–H and O–H groups in total. The number of hydrogen-bond donors (Lipinski definition) is 3. The minimum absolute atomic E-state index is 0.227. The van der Waals surface area contributed by atoms with Crippen LogP contribution in [0.2, 0.25) is 0 Å². The molecule has 4 aliphatic heterocycles. The maximum absolute atomic E-state index is 12.8. The molecule has 2 aromatic rings. The third-order valence-corrected chi connectivity index (χ3v) is 13.6. The second-order valence-corrected chi connectivity index (χ2v) is 20.0. The number of aliphatic hydroxyl groups excluding tert-OH is 1. The van der Waals surface area contributed by atoms with Gasteiger partial charge >= 0.3 is 48.0 Å². The van der Waals surface area contributed by atoms with E-state index in [4.69, 9.17) is 44.0 Å². The van der Waals surface area contributed by atoms with Crippen LogP contribution >= 0.6 is 23.5 Å². The van der Waals surface area contributed by atoms with Crippen LogP contribution in [0.5, 0.6) is 0 Å². The number of nitrogens with one attached hydrogen (secondary N) is 2. The van der Waals surface area contributed by atoms with Gasteiger partial charge in [-0.3, -0.25) is 43.8 Å². The number of amides is 2. The number of aliphatic imine (C=N–C) groups is 2. The standard InChI is InChI=1S/C25H32N2O9S.C13H16N2O2S.C13H20O8.CH3F/c1-6-9-37-18-7-8-19-17(10-18)11-21(26-19)27-25(31)36-24-13(2)22(33-15(4)29)23(34-16(5)30)20(35-24)12-32-14(3)28;1-3-6-18-10-4-5-11-9(7-10)8-12(14-11)15-13(16)17-2;1-6-11(19-8(3)15)12(20-9(4)16)10(21-13(6)17)5-18-7(2)14;1-2/h7-8,10,13,20,22-24H,6,9,11-12H2,1-5H3,(H,26,27,31);4-5,7H,3,6,8H2,1-2H3,(H,14,15,16);6,10-13,17H,5H2,1-4H3;1H3/i;;;1D. The fourth-order valence-corrected chi connectivity index (χ4v) is 9.50. The number of alkyl halides is 1. The number of benzene rings is 2. The van der Waals surface area contributed by atoms with Crippen LogP contribution in [0, 0.1) is 11.8 Å². The molecule has 0 aromatic heterocycles. The zero-order valence-corrected chi connectivity index (χ0v) is 47.1. The molecule has 432 valence electrons. The quantitative estimate of drug-likeness (QED) is 0.0941. The SMILES string of the molecule is CC(=O)OCC1OC(O)C(C)C(OC(C)=O)C1OC(C)=O.CCCSc1ccc2c(c1)CC(NC(=O)OC)=N2.CCCSc1ccc2c(c1)CC(NC(=O)OC1OC(COC(C)=O)C(OC(C)=O)C(OC(C)=O)C1C)=N2.[2H]CF. The van der Waals surface area contributed by atoms with Crippen molar-refractivity contribution in [2.45, 2.75) is 154 Å². The van der Waals surface area contributed by atoms with Crippen LogP contribution in [0.4, 0.5) is 25.4 Å². The number of carbonyl (C=O) groups is 8. The molecule has 2 saturated heterocycles. The number of carbonyl (C=O) groups excluding carboxylic acids is 8. The lowest BCUT2D eigenvalue weighted by atomic mass is 9.92. The van der Waals surface area contributed by atoms with Crippen LogP contribution in [-0.2, 0) is 89.0 Å². The van der Waals surface area contributed by atoms with Gasteiger partial charge in [0.05, 0.1) is 32.9 Å². The van der Waals surface area contributed by atoms with Crippen molar-refractivity contribution in [1.29, 1.82) is 0 Å². The minimum Gasteiger partial charge on any atom is -0.463 e. The zero-order chi connectivity index (χ0) is 58.9. The summed E-state index contributed by atoms with van der Waals surface area (Å²) < 4.78 is 67.6. The number of nitrogens with zero attached hydrogens (tertiary/aromatic N) is 2. The lowest BCUT2D eigenvalue weighted by Crippen LogP contribution is -2.59. The summed E-state index contributed by atoms with van der Waals surface area (Å²) in [6.07, 6.45) is -6.31. The van der Waals surface area contributed by atoms with Gasteiger partial charge in [0.25, 0.3) is 0 Å². The fourth-order valence-electron chi connectivity index (χ4n) is 7.84. The van der Waals surface area contributed by atoms with Gasteiger partial charge in [-0.15, -0.1) is 23.5 Å². The largest absolute Gasteiger partial charge is 0.463 e. The van der Waals surface area contributed by atoms with E-state index in [0.717, 1.165) is 51.7 Å². The lowest BCUT2D eigenvalue weighted by molar-refractivity contribution is -0.275. The first kappa shape index (κ1) is 64.2. The Morgan fingerprint density at radius 1 is 0.628 bits per heavy atom. The number of ether oxygens (including phenoxy) is 10. The number of hydrogen-bond acceptors (Lipinski definition) is 23. The maximum Gasteiger partial charge on any atom is 0.414 e. The van der Waals surface area contributed by atoms with Crippen LogP contribution in [0.25, 0.3) is 0 Å². The maximum atomic E-state index is 12.8. The van der Waals surface area contributed by atoms with Crippen molar-refractivity contribution in [3.05, 3.63) is 47.5 Å². The molecule has 0 spiro atoms. The molecule has 23 nitrogen and oxygen atoms in total. The monoisotopic (exact) mass is 1140 g/mol. The van der Waals surface area contributed by atoms with Crippen molar-refractivity contribution < 1.29 is 96.6 Å². The van der Waals surface area contributed by atoms with Gasteiger partial charge in [-0.25, -0.2) is 19.6 Å². The smallest absolute Gasteiger partial charge is 0.414 e. The first-order chi connectivity index (χ1) is 37.4. The molecule has 0 bridgehead atoms. The van der Waals surface area contributed by atoms with E-state index in [-0.39, 0.29) is 13.2 Å². The second kappa shape index (κ2) is 33.2. The van der Waals surface area contributed by atoms with E-state index in [1.807, 2.05) is 30.0 Å². The van der Waals surface area contributed by atoms with Crippen LogP contribution in [0.3, 0.4) is 0 Å². The molecule has 0 aliphatic carbocycles. The molecule has 10 atom stereocenters. The van der Waals surface area contributed by atoms with Gasteiger partial charge in [-0.05, 0) is 71.9 Å². The number of methoxy groups -OCH3 is 1. The number of halogens is 1. The molecular weight excluding hydrogens is 1070 g/mol. The molecule has 2 fully saturated rings. The van der Waals surface area contributed by atoms with Gasteiger partial charge in [0.15, 0.2) is 18.5 Å². The van der Waals surface area contributed by atoms with Crippen molar-refractivity contribution in [2.75, 3.05) is 39.0 Å². The fraction of sp³-hybridized carbons (Fsp3) is 0.577. The van der Waals surface area contributed by atoms with Crippen molar-refractivity contribution in [3.63, 3.8) is 0 Å². The van der Waals surface area contributed by atoms with Gasteiger partial charge in [-0.2, -0.15) is 0 Å². The Labute approximate surface area is 462 Å². The summed E-state index contributed by atoms with van der Waals surface area (Å²) in [6.45, 7) is 14.2. The average molecular weight is 1140 g/mol. The first-order valence-corrected chi connectivity index (χ1v) is 26.7. The Bertz CT molecular complexity index is 2490. The Hall–Kier alpha value is -6.35. The Morgan fingerprint density at radius 2 is 1.03 bits per heavy atom. The van der Waals surface area contributed by atoms with Crippen molar-refractivity contribution in [3.8, 4) is 0 Å². The highest BCUT2D eigenvalue weighted by molar-refractivity contribution is 7.99. The van der Waals surface area contributed by atoms with E-state index in [1.54, 1.807) is 25.6 Å². The Morgan fingerprint density at radius 3 is 1.42 bits per heavy atom. The molecule has 2 aromatic carbocycles. The van der Waals surface area contributed by atoms with E-state index in [9.17, 15) is 47.9 Å². The molecule has 4 aliphatic rings. The molecule has 10 unspecified atom stereocenters. The predicted molar refractivity (Wildman–Crippen MR) is 282 cm³/mol. The number of aliphatic hydroxyl groups is 1. The number of thioether (sulfide) groups is 2. The van der Waals surface area contributed by atoms with Gasteiger partial charge in [0, 0.05) is 70.1 Å². The molecule has 78 heavy (non-hydrogen) atoms. The minimum atomic E-state index is -1.23. The van der Waals surface area contributed by atoms with Crippen LogP contribution in [-0.4, -0.2) is 153 Å². The van der Waals surface area contributed by atoms with Crippen molar-refractivity contribution >= 4 is 94.6 Å². The van der Waals surface area contributed by atoms with Gasteiger partial charge in [-0.1, -0.05) is 27.7 Å². The van der Waals surface area contributed by atoms with Gasteiger partial charge in [0.1, 0.15) is 49.3 Å². The van der Waals surface area contributed by atoms with E-state index in [0.29, 0.717) is 24.5 Å². The summed E-state index contributed by atoms with van der Waals surface area (Å²) in [5.74, 6) is -1.69. The highest BCUT2D eigenvalue weighted by Gasteiger charge is 2.50. The average Bonchev–Trinajstić information content (AvgIpc) is 4.00. The molecule has 0 saturated carbocycles. The number of rotatable bonds is 15. The highest BCUT2D eigenvalue weighted by atomic mass is 32.2.